The molecule has 3 rings (SSSR count). The Morgan fingerprint density at radius 1 is 0.912 bits per heavy atom. The first-order chi connectivity index (χ1) is 16.3. The van der Waals surface area contributed by atoms with E-state index in [2.05, 4.69) is 4.98 Å². The third-order valence-electron chi connectivity index (χ3n) is 4.77. The molecule has 0 saturated carbocycles. The number of benzene rings is 2. The van der Waals surface area contributed by atoms with Gasteiger partial charge in [0.2, 0.25) is 0 Å². The van der Waals surface area contributed by atoms with Gasteiger partial charge < -0.3 is 14.4 Å². The van der Waals surface area contributed by atoms with E-state index in [4.69, 9.17) is 44.3 Å². The van der Waals surface area contributed by atoms with E-state index in [-0.39, 0.29) is 22.2 Å². The molecule has 0 radical (unpaired) electrons. The van der Waals surface area contributed by atoms with Crippen LogP contribution < -0.4 is 4.90 Å². The number of thiazole rings is 1. The van der Waals surface area contributed by atoms with Crippen molar-refractivity contribution in [2.24, 2.45) is 0 Å². The van der Waals surface area contributed by atoms with Gasteiger partial charge in [0.25, 0.3) is 11.8 Å². The molecule has 2 amide bonds. The van der Waals surface area contributed by atoms with Crippen molar-refractivity contribution >= 4 is 68.8 Å². The Balaban J connectivity index is 1.98. The highest BCUT2D eigenvalue weighted by Gasteiger charge is 2.27. The number of anilines is 2. The van der Waals surface area contributed by atoms with Crippen LogP contribution >= 0.6 is 46.1 Å². The third-order valence-corrected chi connectivity index (χ3v) is 6.40. The van der Waals surface area contributed by atoms with Gasteiger partial charge in [-0.3, -0.25) is 14.5 Å². The minimum atomic E-state index is -0.423. The Morgan fingerprint density at radius 2 is 1.53 bits per heavy atom. The molecule has 0 bridgehead atoms. The molecule has 0 saturated heterocycles. The minimum Gasteiger partial charge on any atom is -0.383 e. The van der Waals surface area contributed by atoms with Gasteiger partial charge in [0.05, 0.1) is 29.5 Å². The lowest BCUT2D eigenvalue weighted by Crippen LogP contribution is -2.36. The lowest BCUT2D eigenvalue weighted by atomic mass is 10.2. The second-order valence-corrected chi connectivity index (χ2v) is 9.15. The average molecular weight is 543 g/mol. The molecule has 0 unspecified atom stereocenters. The fraction of sp³-hybridized carbons (Fsp3) is 0.261. The standard InChI is InChI=1S/C23H22Cl3N3O4S/c1-32-11-9-28(10-12-33-2)22(31)20-14-34-23(27-20)29(17-6-3-15(24)4-7-17)21(30)18-8-5-16(25)13-19(18)26/h3-8,13-14H,9-12H2,1-2H3. The Morgan fingerprint density at radius 3 is 2.12 bits per heavy atom. The highest BCUT2D eigenvalue weighted by atomic mass is 35.5. The summed E-state index contributed by atoms with van der Waals surface area (Å²) in [6.07, 6.45) is 0. The van der Waals surface area contributed by atoms with Crippen molar-refractivity contribution in [2.75, 3.05) is 45.4 Å². The molecule has 7 nitrogen and oxygen atoms in total. The number of aromatic nitrogens is 1. The largest absolute Gasteiger partial charge is 0.383 e. The van der Waals surface area contributed by atoms with Crippen LogP contribution in [0.25, 0.3) is 0 Å². The number of carbonyl (C=O) groups is 2. The highest BCUT2D eigenvalue weighted by molar-refractivity contribution is 7.14. The van der Waals surface area contributed by atoms with Crippen LogP contribution in [0.15, 0.2) is 47.8 Å². The van der Waals surface area contributed by atoms with E-state index in [0.29, 0.717) is 47.2 Å². The number of carbonyl (C=O) groups excluding carboxylic acids is 2. The lowest BCUT2D eigenvalue weighted by Gasteiger charge is -2.22. The van der Waals surface area contributed by atoms with Gasteiger partial charge in [-0.15, -0.1) is 11.3 Å². The van der Waals surface area contributed by atoms with Crippen LogP contribution in [-0.4, -0.2) is 62.2 Å². The van der Waals surface area contributed by atoms with E-state index < -0.39 is 5.91 Å². The summed E-state index contributed by atoms with van der Waals surface area (Å²) in [6.45, 7) is 1.51. The second kappa shape index (κ2) is 12.5. The molecule has 0 aliphatic rings. The third kappa shape index (κ3) is 6.47. The Kier molecular flexibility index (Phi) is 9.70. The van der Waals surface area contributed by atoms with Crippen LogP contribution in [0.2, 0.25) is 15.1 Å². The predicted octanol–water partition coefficient (Wildman–Crippen LogP) is 5.82. The molecule has 1 heterocycles. The van der Waals surface area contributed by atoms with E-state index in [1.807, 2.05) is 0 Å². The molecule has 3 aromatic rings. The van der Waals surface area contributed by atoms with E-state index >= 15 is 0 Å². The van der Waals surface area contributed by atoms with E-state index in [1.54, 1.807) is 60.9 Å². The summed E-state index contributed by atoms with van der Waals surface area (Å²) in [5.74, 6) is -0.711. The van der Waals surface area contributed by atoms with Crippen LogP contribution in [0.3, 0.4) is 0 Å². The van der Waals surface area contributed by atoms with Crippen molar-refractivity contribution in [2.45, 2.75) is 0 Å². The van der Waals surface area contributed by atoms with Crippen LogP contribution in [0.4, 0.5) is 10.8 Å². The van der Waals surface area contributed by atoms with E-state index in [1.165, 1.54) is 11.0 Å². The molecular formula is C23H22Cl3N3O4S. The Hall–Kier alpha value is -2.20. The zero-order chi connectivity index (χ0) is 24.7. The molecule has 0 N–H and O–H groups in total. The van der Waals surface area contributed by atoms with Gasteiger partial charge in [0, 0.05) is 42.7 Å². The molecule has 1 aromatic heterocycles. The van der Waals surface area contributed by atoms with Crippen molar-refractivity contribution in [3.05, 3.63) is 74.2 Å². The fourth-order valence-corrected chi connectivity index (χ4v) is 4.46. The first-order valence-electron chi connectivity index (χ1n) is 10.1. The summed E-state index contributed by atoms with van der Waals surface area (Å²) in [5.41, 5.74) is 0.969. The van der Waals surface area contributed by atoms with Crippen molar-refractivity contribution in [3.63, 3.8) is 0 Å². The summed E-state index contributed by atoms with van der Waals surface area (Å²) in [7, 11) is 3.13. The fourth-order valence-electron chi connectivity index (χ4n) is 3.03. The average Bonchev–Trinajstić information content (AvgIpc) is 3.30. The molecule has 2 aromatic carbocycles. The van der Waals surface area contributed by atoms with Crippen molar-refractivity contribution in [1.82, 2.24) is 9.88 Å². The summed E-state index contributed by atoms with van der Waals surface area (Å²) in [4.78, 5) is 34.1. The van der Waals surface area contributed by atoms with Gasteiger partial charge in [-0.2, -0.15) is 0 Å². The van der Waals surface area contributed by atoms with Gasteiger partial charge in [0.15, 0.2) is 5.13 Å². The van der Waals surface area contributed by atoms with E-state index in [9.17, 15) is 9.59 Å². The number of methoxy groups -OCH3 is 2. The number of amides is 2. The number of halogens is 3. The summed E-state index contributed by atoms with van der Waals surface area (Å²) in [6, 6.07) is 11.3. The first kappa shape index (κ1) is 26.4. The lowest BCUT2D eigenvalue weighted by molar-refractivity contribution is 0.0622. The van der Waals surface area contributed by atoms with Gasteiger partial charge in [0.1, 0.15) is 5.69 Å². The number of rotatable bonds is 10. The number of nitrogens with zero attached hydrogens (tertiary/aromatic N) is 3. The maximum absolute atomic E-state index is 13.6. The smallest absolute Gasteiger partial charge is 0.273 e. The summed E-state index contributed by atoms with van der Waals surface area (Å²) in [5, 5.41) is 3.05. The predicted molar refractivity (Wildman–Crippen MR) is 136 cm³/mol. The molecule has 0 aliphatic heterocycles. The highest BCUT2D eigenvalue weighted by Crippen LogP contribution is 2.33. The number of ether oxygens (including phenoxy) is 2. The Bertz CT molecular complexity index is 1130. The van der Waals surface area contributed by atoms with Crippen LogP contribution in [0.5, 0.6) is 0 Å². The van der Waals surface area contributed by atoms with Crippen molar-refractivity contribution in [3.8, 4) is 0 Å². The quantitative estimate of drug-likeness (QED) is 0.323. The first-order valence-corrected chi connectivity index (χ1v) is 12.1. The Labute approximate surface area is 216 Å². The molecule has 34 heavy (non-hydrogen) atoms. The zero-order valence-electron chi connectivity index (χ0n) is 18.5. The zero-order valence-corrected chi connectivity index (χ0v) is 21.5. The summed E-state index contributed by atoms with van der Waals surface area (Å²) < 4.78 is 10.2. The molecule has 0 atom stereocenters. The van der Waals surface area contributed by atoms with Crippen LogP contribution in [0, 0.1) is 0 Å². The van der Waals surface area contributed by atoms with Crippen molar-refractivity contribution in [1.29, 1.82) is 0 Å². The maximum atomic E-state index is 13.6. The van der Waals surface area contributed by atoms with Crippen molar-refractivity contribution < 1.29 is 19.1 Å². The summed E-state index contributed by atoms with van der Waals surface area (Å²) >= 11 is 19.5. The molecule has 180 valence electrons. The van der Waals surface area contributed by atoms with Gasteiger partial charge in [-0.05, 0) is 42.5 Å². The maximum Gasteiger partial charge on any atom is 0.273 e. The molecular weight excluding hydrogens is 521 g/mol. The normalized spacial score (nSPS) is 10.9. The van der Waals surface area contributed by atoms with Gasteiger partial charge in [-0.1, -0.05) is 34.8 Å². The van der Waals surface area contributed by atoms with Crippen LogP contribution in [-0.2, 0) is 9.47 Å². The minimum absolute atomic E-state index is 0.203. The molecule has 0 fully saturated rings. The van der Waals surface area contributed by atoms with Crippen LogP contribution in [0.1, 0.15) is 20.8 Å². The molecule has 0 spiro atoms. The SMILES string of the molecule is COCCN(CCOC)C(=O)c1csc(N(C(=O)c2ccc(Cl)cc2Cl)c2ccc(Cl)cc2)n1. The number of hydrogen-bond acceptors (Lipinski definition) is 6. The monoisotopic (exact) mass is 541 g/mol. The topological polar surface area (TPSA) is 72.0 Å². The second-order valence-electron chi connectivity index (χ2n) is 7.03. The van der Waals surface area contributed by atoms with Gasteiger partial charge >= 0.3 is 0 Å². The molecule has 11 heteroatoms. The molecule has 0 aliphatic carbocycles. The number of hydrogen-bond donors (Lipinski definition) is 0. The van der Waals surface area contributed by atoms with E-state index in [0.717, 1.165) is 11.3 Å². The van der Waals surface area contributed by atoms with Gasteiger partial charge in [-0.25, -0.2) is 4.98 Å².